The van der Waals surface area contributed by atoms with E-state index in [0.717, 1.165) is 36.9 Å². The summed E-state index contributed by atoms with van der Waals surface area (Å²) < 4.78 is 1.12. The Morgan fingerprint density at radius 1 is 1.40 bits per heavy atom. The molecule has 1 aliphatic heterocycles. The Bertz CT molecular complexity index is 409. The molecule has 0 spiro atoms. The lowest BCUT2D eigenvalue weighted by molar-refractivity contribution is 0.0338. The van der Waals surface area contributed by atoms with Gasteiger partial charge in [-0.2, -0.15) is 0 Å². The monoisotopic (exact) mass is 340 g/mol. The van der Waals surface area contributed by atoms with Crippen molar-refractivity contribution in [2.75, 3.05) is 26.7 Å². The molecule has 0 radical (unpaired) electrons. The summed E-state index contributed by atoms with van der Waals surface area (Å²) in [6.45, 7) is 5.25. The lowest BCUT2D eigenvalue weighted by atomic mass is 9.96. The Morgan fingerprint density at radius 3 is 2.70 bits per heavy atom. The maximum Gasteiger partial charge on any atom is 0.0590 e. The number of benzene rings is 1. The molecule has 1 saturated heterocycles. The normalized spacial score (nSPS) is 25.6. The Labute approximate surface area is 130 Å². The molecule has 0 saturated carbocycles. The fourth-order valence-electron chi connectivity index (χ4n) is 2.91. The maximum atomic E-state index is 9.78. The molecule has 0 amide bonds. The van der Waals surface area contributed by atoms with Crippen LogP contribution in [0.5, 0.6) is 0 Å². The van der Waals surface area contributed by atoms with E-state index in [2.05, 4.69) is 57.3 Å². The van der Waals surface area contributed by atoms with Gasteiger partial charge in [0, 0.05) is 23.6 Å². The first-order valence-corrected chi connectivity index (χ1v) is 8.22. The molecule has 1 fully saturated rings. The number of halogens is 1. The van der Waals surface area contributed by atoms with Gasteiger partial charge < -0.3 is 15.3 Å². The highest BCUT2D eigenvalue weighted by molar-refractivity contribution is 9.10. The summed E-state index contributed by atoms with van der Waals surface area (Å²) in [4.78, 5) is 2.47. The molecule has 1 aromatic rings. The SMILES string of the molecule is CNC(CCN1CCC(O)C(C)C1)c1ccc(Br)cc1. The third kappa shape index (κ3) is 4.29. The fraction of sp³-hybridized carbons (Fsp3) is 0.625. The highest BCUT2D eigenvalue weighted by Crippen LogP contribution is 2.22. The largest absolute Gasteiger partial charge is 0.393 e. The minimum absolute atomic E-state index is 0.113. The highest BCUT2D eigenvalue weighted by atomic mass is 79.9. The predicted octanol–water partition coefficient (Wildman–Crippen LogP) is 2.80. The summed E-state index contributed by atoms with van der Waals surface area (Å²) in [7, 11) is 2.02. The van der Waals surface area contributed by atoms with Gasteiger partial charge >= 0.3 is 0 Å². The highest BCUT2D eigenvalue weighted by Gasteiger charge is 2.24. The van der Waals surface area contributed by atoms with E-state index < -0.39 is 0 Å². The van der Waals surface area contributed by atoms with Crippen LogP contribution in [0.15, 0.2) is 28.7 Å². The number of piperidine rings is 1. The second-order valence-corrected chi connectivity index (χ2v) is 6.73. The van der Waals surface area contributed by atoms with Crippen LogP contribution < -0.4 is 5.32 Å². The molecule has 3 nitrogen and oxygen atoms in total. The number of rotatable bonds is 5. The van der Waals surface area contributed by atoms with Gasteiger partial charge in [-0.05, 0) is 50.0 Å². The van der Waals surface area contributed by atoms with Gasteiger partial charge in [0.1, 0.15) is 0 Å². The summed E-state index contributed by atoms with van der Waals surface area (Å²) in [5, 5.41) is 13.2. The smallest absolute Gasteiger partial charge is 0.0590 e. The molecule has 1 heterocycles. The first kappa shape index (κ1) is 16.0. The van der Waals surface area contributed by atoms with Crippen LogP contribution in [0.4, 0.5) is 0 Å². The molecule has 3 unspecified atom stereocenters. The number of hydrogen-bond acceptors (Lipinski definition) is 3. The van der Waals surface area contributed by atoms with Crippen molar-refractivity contribution in [1.29, 1.82) is 0 Å². The summed E-state index contributed by atoms with van der Waals surface area (Å²) in [6.07, 6.45) is 1.89. The van der Waals surface area contributed by atoms with Crippen LogP contribution in [0.1, 0.15) is 31.4 Å². The number of hydrogen-bond donors (Lipinski definition) is 2. The number of nitrogens with zero attached hydrogens (tertiary/aromatic N) is 1. The Kier molecular flexibility index (Phi) is 6.02. The summed E-state index contributed by atoms with van der Waals surface area (Å²) in [5.74, 6) is 0.393. The van der Waals surface area contributed by atoms with Crippen LogP contribution in [0, 0.1) is 5.92 Å². The van der Waals surface area contributed by atoms with Crippen molar-refractivity contribution in [2.24, 2.45) is 5.92 Å². The van der Waals surface area contributed by atoms with E-state index in [1.165, 1.54) is 5.56 Å². The molecule has 0 aliphatic carbocycles. The molecule has 4 heteroatoms. The number of likely N-dealkylation sites (tertiary alicyclic amines) is 1. The Morgan fingerprint density at radius 2 is 2.10 bits per heavy atom. The van der Waals surface area contributed by atoms with Crippen molar-refractivity contribution in [3.63, 3.8) is 0 Å². The van der Waals surface area contributed by atoms with Gasteiger partial charge in [-0.1, -0.05) is 35.0 Å². The van der Waals surface area contributed by atoms with Crippen molar-refractivity contribution < 1.29 is 5.11 Å². The van der Waals surface area contributed by atoms with Gasteiger partial charge in [0.2, 0.25) is 0 Å². The standard InChI is InChI=1S/C16H25BrN2O/c1-12-11-19(10-8-16(12)20)9-7-15(18-2)13-3-5-14(17)6-4-13/h3-6,12,15-16,18,20H,7-11H2,1-2H3. The Hall–Kier alpha value is -0.420. The average Bonchev–Trinajstić information content (AvgIpc) is 2.45. The van der Waals surface area contributed by atoms with Crippen LogP contribution in [0.2, 0.25) is 0 Å². The topological polar surface area (TPSA) is 35.5 Å². The van der Waals surface area contributed by atoms with E-state index in [-0.39, 0.29) is 6.10 Å². The molecule has 2 rings (SSSR count). The molecule has 0 bridgehead atoms. The second-order valence-electron chi connectivity index (χ2n) is 5.82. The first-order valence-electron chi connectivity index (χ1n) is 7.43. The molecular formula is C16H25BrN2O. The Balaban J connectivity index is 1.86. The van der Waals surface area contributed by atoms with Gasteiger partial charge in [0.25, 0.3) is 0 Å². The van der Waals surface area contributed by atoms with Gasteiger partial charge in [-0.25, -0.2) is 0 Å². The van der Waals surface area contributed by atoms with E-state index >= 15 is 0 Å². The minimum atomic E-state index is -0.113. The van der Waals surface area contributed by atoms with Crippen LogP contribution in [0.25, 0.3) is 0 Å². The van der Waals surface area contributed by atoms with Crippen LogP contribution in [-0.4, -0.2) is 42.8 Å². The van der Waals surface area contributed by atoms with Gasteiger partial charge in [-0.15, -0.1) is 0 Å². The summed E-state index contributed by atoms with van der Waals surface area (Å²) >= 11 is 3.48. The molecule has 2 N–H and O–H groups in total. The predicted molar refractivity (Wildman–Crippen MR) is 86.8 cm³/mol. The van der Waals surface area contributed by atoms with Gasteiger partial charge in [0.15, 0.2) is 0 Å². The average molecular weight is 341 g/mol. The van der Waals surface area contributed by atoms with Crippen molar-refractivity contribution in [3.05, 3.63) is 34.3 Å². The molecule has 112 valence electrons. The van der Waals surface area contributed by atoms with E-state index in [1.54, 1.807) is 0 Å². The lowest BCUT2D eigenvalue weighted by Crippen LogP contribution is -2.42. The molecular weight excluding hydrogens is 316 g/mol. The summed E-state index contributed by atoms with van der Waals surface area (Å²) in [6, 6.07) is 8.94. The van der Waals surface area contributed by atoms with E-state index in [9.17, 15) is 5.11 Å². The van der Waals surface area contributed by atoms with Gasteiger partial charge in [-0.3, -0.25) is 0 Å². The lowest BCUT2D eigenvalue weighted by Gasteiger charge is -2.35. The van der Waals surface area contributed by atoms with Crippen LogP contribution in [0.3, 0.4) is 0 Å². The third-order valence-corrected chi connectivity index (χ3v) is 4.83. The maximum absolute atomic E-state index is 9.78. The molecule has 3 atom stereocenters. The summed E-state index contributed by atoms with van der Waals surface area (Å²) in [5.41, 5.74) is 1.33. The molecule has 1 aliphatic rings. The number of aliphatic hydroxyl groups excluding tert-OH is 1. The van der Waals surface area contributed by atoms with Gasteiger partial charge in [0.05, 0.1) is 6.10 Å². The zero-order valence-electron chi connectivity index (χ0n) is 12.3. The molecule has 20 heavy (non-hydrogen) atoms. The first-order chi connectivity index (χ1) is 9.60. The van der Waals surface area contributed by atoms with Crippen molar-refractivity contribution in [2.45, 2.75) is 31.9 Å². The van der Waals surface area contributed by atoms with Crippen molar-refractivity contribution >= 4 is 15.9 Å². The zero-order chi connectivity index (χ0) is 14.5. The van der Waals surface area contributed by atoms with Crippen molar-refractivity contribution in [3.8, 4) is 0 Å². The second kappa shape index (κ2) is 7.55. The number of nitrogens with one attached hydrogen (secondary N) is 1. The molecule has 0 aromatic heterocycles. The van der Waals surface area contributed by atoms with E-state index in [0.29, 0.717) is 12.0 Å². The fourth-order valence-corrected chi connectivity index (χ4v) is 3.17. The van der Waals surface area contributed by atoms with Crippen molar-refractivity contribution in [1.82, 2.24) is 10.2 Å². The minimum Gasteiger partial charge on any atom is -0.393 e. The van der Waals surface area contributed by atoms with Crippen LogP contribution >= 0.6 is 15.9 Å². The zero-order valence-corrected chi connectivity index (χ0v) is 13.9. The third-order valence-electron chi connectivity index (χ3n) is 4.30. The van der Waals surface area contributed by atoms with E-state index in [4.69, 9.17) is 0 Å². The number of aliphatic hydroxyl groups is 1. The molecule has 1 aromatic carbocycles. The van der Waals surface area contributed by atoms with Crippen LogP contribution in [-0.2, 0) is 0 Å². The van der Waals surface area contributed by atoms with E-state index in [1.807, 2.05) is 7.05 Å². The quantitative estimate of drug-likeness (QED) is 0.865.